The van der Waals surface area contributed by atoms with E-state index >= 15 is 0 Å². The highest BCUT2D eigenvalue weighted by Crippen LogP contribution is 2.42. The minimum Gasteiger partial charge on any atom is -0.497 e. The molecule has 0 spiro atoms. The molecule has 0 bridgehead atoms. The Labute approximate surface area is 137 Å². The Hall–Kier alpha value is -1.28. The van der Waals surface area contributed by atoms with Crippen molar-refractivity contribution in [3.8, 4) is 5.75 Å². The summed E-state index contributed by atoms with van der Waals surface area (Å²) in [5, 5.41) is -0.345. The molecule has 1 aromatic rings. The molecule has 2 nitrogen and oxygen atoms in total. The van der Waals surface area contributed by atoms with Gasteiger partial charge in [-0.3, -0.25) is 4.79 Å². The number of allylic oxidation sites excluding steroid dienone is 1. The number of methoxy groups -OCH3 is 1. The smallest absolute Gasteiger partial charge is 0.176 e. The average molecular weight is 319 g/mol. The summed E-state index contributed by atoms with van der Waals surface area (Å²) in [7, 11) is 1.66. The Balaban J connectivity index is 1.89. The molecule has 3 heteroatoms. The lowest BCUT2D eigenvalue weighted by Gasteiger charge is -2.31. The largest absolute Gasteiger partial charge is 0.497 e. The van der Waals surface area contributed by atoms with Gasteiger partial charge in [-0.05, 0) is 61.3 Å². The first kappa shape index (κ1) is 15.6. The highest BCUT2D eigenvalue weighted by molar-refractivity contribution is 6.34. The van der Waals surface area contributed by atoms with Gasteiger partial charge in [0.15, 0.2) is 5.78 Å². The number of alkyl halides is 1. The molecule has 0 aromatic heterocycles. The number of hydrogen-bond donors (Lipinski definition) is 0. The van der Waals surface area contributed by atoms with Crippen molar-refractivity contribution in [1.82, 2.24) is 0 Å². The van der Waals surface area contributed by atoms with Crippen LogP contribution in [0.25, 0.3) is 6.08 Å². The molecule has 2 aliphatic rings. The zero-order chi connectivity index (χ0) is 15.5. The van der Waals surface area contributed by atoms with E-state index in [1.54, 1.807) is 7.11 Å². The molecular weight excluding hydrogens is 296 g/mol. The molecule has 0 saturated heterocycles. The molecule has 0 radical (unpaired) electrons. The standard InChI is InChI=1S/C19H23ClO2/c1-22-15-8-6-13(7-9-15)12-17-16(14-4-2-3-5-14)10-11-18(20)19(17)21/h6-9,12,14,16,18H,2-5,10-11H2,1H3. The number of carbonyl (C=O) groups excluding carboxylic acids is 1. The van der Waals surface area contributed by atoms with Gasteiger partial charge in [-0.1, -0.05) is 25.0 Å². The lowest BCUT2D eigenvalue weighted by Crippen LogP contribution is -2.31. The van der Waals surface area contributed by atoms with Crippen molar-refractivity contribution >= 4 is 23.5 Å². The molecule has 0 amide bonds. The van der Waals surface area contributed by atoms with E-state index in [-0.39, 0.29) is 11.2 Å². The minimum atomic E-state index is -0.345. The van der Waals surface area contributed by atoms with E-state index in [2.05, 4.69) is 6.08 Å². The first-order chi connectivity index (χ1) is 10.7. The fourth-order valence-corrected chi connectivity index (χ4v) is 4.14. The Morgan fingerprint density at radius 3 is 2.41 bits per heavy atom. The van der Waals surface area contributed by atoms with E-state index in [0.717, 1.165) is 29.7 Å². The van der Waals surface area contributed by atoms with Gasteiger partial charge in [0, 0.05) is 5.57 Å². The van der Waals surface area contributed by atoms with Crippen molar-refractivity contribution in [3.63, 3.8) is 0 Å². The van der Waals surface area contributed by atoms with Gasteiger partial charge in [-0.25, -0.2) is 0 Å². The molecule has 0 aliphatic heterocycles. The minimum absolute atomic E-state index is 0.139. The molecule has 2 aliphatic carbocycles. The van der Waals surface area contributed by atoms with Crippen LogP contribution >= 0.6 is 11.6 Å². The van der Waals surface area contributed by atoms with Gasteiger partial charge in [-0.15, -0.1) is 11.6 Å². The van der Waals surface area contributed by atoms with Crippen molar-refractivity contribution in [1.29, 1.82) is 0 Å². The molecule has 22 heavy (non-hydrogen) atoms. The summed E-state index contributed by atoms with van der Waals surface area (Å²) in [5.41, 5.74) is 2.00. The van der Waals surface area contributed by atoms with Crippen molar-refractivity contribution in [2.45, 2.75) is 43.9 Å². The number of carbonyl (C=O) groups is 1. The van der Waals surface area contributed by atoms with Crippen LogP contribution in [0.5, 0.6) is 5.75 Å². The summed E-state index contributed by atoms with van der Waals surface area (Å²) in [6, 6.07) is 7.87. The summed E-state index contributed by atoms with van der Waals surface area (Å²) in [6.07, 6.45) is 9.04. The number of halogens is 1. The Bertz CT molecular complexity index is 555. The molecule has 118 valence electrons. The zero-order valence-electron chi connectivity index (χ0n) is 13.1. The van der Waals surface area contributed by atoms with Crippen LogP contribution in [0.1, 0.15) is 44.1 Å². The second-order valence-corrected chi connectivity index (χ2v) is 6.96. The van der Waals surface area contributed by atoms with Gasteiger partial charge in [0.05, 0.1) is 12.5 Å². The van der Waals surface area contributed by atoms with E-state index in [1.807, 2.05) is 24.3 Å². The predicted octanol–water partition coefficient (Wildman–Crippen LogP) is 4.86. The lowest BCUT2D eigenvalue weighted by atomic mass is 9.74. The van der Waals surface area contributed by atoms with Crippen LogP contribution in [0, 0.1) is 11.8 Å². The zero-order valence-corrected chi connectivity index (χ0v) is 13.8. The summed E-state index contributed by atoms with van der Waals surface area (Å²) in [5.74, 6) is 2.03. The number of Topliss-reactive ketones (excluding diaryl/α,β-unsaturated/α-hetero) is 1. The van der Waals surface area contributed by atoms with Crippen LogP contribution in [0.4, 0.5) is 0 Å². The molecule has 2 unspecified atom stereocenters. The molecular formula is C19H23ClO2. The van der Waals surface area contributed by atoms with Gasteiger partial charge in [0.25, 0.3) is 0 Å². The molecule has 0 N–H and O–H groups in total. The maximum Gasteiger partial charge on any atom is 0.176 e. The van der Waals surface area contributed by atoms with Crippen LogP contribution in [-0.4, -0.2) is 18.3 Å². The predicted molar refractivity (Wildman–Crippen MR) is 90.3 cm³/mol. The Morgan fingerprint density at radius 2 is 1.77 bits per heavy atom. The Kier molecular flexibility index (Phi) is 4.87. The maximum absolute atomic E-state index is 12.6. The van der Waals surface area contributed by atoms with Gasteiger partial charge in [0.2, 0.25) is 0 Å². The van der Waals surface area contributed by atoms with E-state index < -0.39 is 0 Å². The van der Waals surface area contributed by atoms with Crippen molar-refractivity contribution in [2.75, 3.05) is 7.11 Å². The lowest BCUT2D eigenvalue weighted by molar-refractivity contribution is -0.117. The topological polar surface area (TPSA) is 26.3 Å². The van der Waals surface area contributed by atoms with Crippen molar-refractivity contribution < 1.29 is 9.53 Å². The number of benzene rings is 1. The second kappa shape index (κ2) is 6.87. The number of ketones is 1. The monoisotopic (exact) mass is 318 g/mol. The Morgan fingerprint density at radius 1 is 1.09 bits per heavy atom. The van der Waals surface area contributed by atoms with Crippen molar-refractivity contribution in [3.05, 3.63) is 35.4 Å². The fraction of sp³-hybridized carbons (Fsp3) is 0.526. The summed E-state index contributed by atoms with van der Waals surface area (Å²) in [4.78, 5) is 12.6. The number of rotatable bonds is 3. The molecule has 2 saturated carbocycles. The first-order valence-electron chi connectivity index (χ1n) is 8.23. The van der Waals surface area contributed by atoms with Crippen LogP contribution in [0.2, 0.25) is 0 Å². The molecule has 2 atom stereocenters. The number of ether oxygens (including phenoxy) is 1. The van der Waals surface area contributed by atoms with Crippen molar-refractivity contribution in [2.24, 2.45) is 11.8 Å². The van der Waals surface area contributed by atoms with Crippen LogP contribution in [0.3, 0.4) is 0 Å². The van der Waals surface area contributed by atoms with Crippen LogP contribution in [0.15, 0.2) is 29.8 Å². The highest BCUT2D eigenvalue weighted by Gasteiger charge is 2.37. The summed E-state index contributed by atoms with van der Waals surface area (Å²) >= 11 is 6.24. The quantitative estimate of drug-likeness (QED) is 0.588. The molecule has 0 heterocycles. The number of hydrogen-bond acceptors (Lipinski definition) is 2. The van der Waals surface area contributed by atoms with E-state index in [1.165, 1.54) is 25.7 Å². The third-order valence-electron chi connectivity index (χ3n) is 5.11. The summed E-state index contributed by atoms with van der Waals surface area (Å²) in [6.45, 7) is 0. The maximum atomic E-state index is 12.6. The normalized spacial score (nSPS) is 28.3. The molecule has 1 aromatic carbocycles. The third-order valence-corrected chi connectivity index (χ3v) is 5.52. The van der Waals surface area contributed by atoms with Crippen LogP contribution < -0.4 is 4.74 Å². The van der Waals surface area contributed by atoms with E-state index in [9.17, 15) is 4.79 Å². The van der Waals surface area contributed by atoms with E-state index in [4.69, 9.17) is 16.3 Å². The summed E-state index contributed by atoms with van der Waals surface area (Å²) < 4.78 is 5.19. The average Bonchev–Trinajstić information content (AvgIpc) is 3.07. The molecule has 3 rings (SSSR count). The first-order valence-corrected chi connectivity index (χ1v) is 8.66. The molecule has 2 fully saturated rings. The highest BCUT2D eigenvalue weighted by atomic mass is 35.5. The van der Waals surface area contributed by atoms with E-state index in [0.29, 0.717) is 11.8 Å². The van der Waals surface area contributed by atoms with Crippen LogP contribution in [-0.2, 0) is 4.79 Å². The van der Waals surface area contributed by atoms with Gasteiger partial charge < -0.3 is 4.74 Å². The third kappa shape index (κ3) is 3.22. The van der Waals surface area contributed by atoms with Gasteiger partial charge in [0.1, 0.15) is 5.75 Å². The van der Waals surface area contributed by atoms with Gasteiger partial charge >= 0.3 is 0 Å². The fourth-order valence-electron chi connectivity index (χ4n) is 3.88. The second-order valence-electron chi connectivity index (χ2n) is 6.43. The van der Waals surface area contributed by atoms with Gasteiger partial charge in [-0.2, -0.15) is 0 Å². The SMILES string of the molecule is COc1ccc(C=C2C(=O)C(Cl)CCC2C2CCCC2)cc1.